The van der Waals surface area contributed by atoms with E-state index in [0.717, 1.165) is 25.8 Å². The molecule has 1 aromatic rings. The molecule has 1 amide bonds. The number of hydrogen-bond donors (Lipinski definition) is 1. The molecule has 4 unspecified atom stereocenters. The van der Waals surface area contributed by atoms with Crippen LogP contribution in [0.25, 0.3) is 0 Å². The Bertz CT molecular complexity index is 661. The number of Topliss-reactive ketones (excluding diaryl/α,β-unsaturated/α-hetero) is 1. The Labute approximate surface area is 154 Å². The highest BCUT2D eigenvalue weighted by Gasteiger charge is 2.40. The monoisotopic (exact) mass is 358 g/mol. The summed E-state index contributed by atoms with van der Waals surface area (Å²) < 4.78 is 13.1. The van der Waals surface area contributed by atoms with Crippen LogP contribution in [0.1, 0.15) is 55.3 Å². The highest BCUT2D eigenvalue weighted by atomic mass is 19.1. The second kappa shape index (κ2) is 7.47. The van der Waals surface area contributed by atoms with E-state index in [1.165, 1.54) is 37.8 Å². The van der Waals surface area contributed by atoms with Crippen molar-refractivity contribution in [1.29, 1.82) is 0 Å². The van der Waals surface area contributed by atoms with E-state index in [1.807, 2.05) is 4.90 Å². The number of piperidine rings is 1. The maximum atomic E-state index is 13.1. The SMILES string of the molecule is O=C(c1ccc(F)cc1)C1CCCN(C(=O)C2CC3CCCCC3N2)C1. The number of carbonyl (C=O) groups excluding carboxylic acids is 2. The van der Waals surface area contributed by atoms with Crippen molar-refractivity contribution >= 4 is 11.7 Å². The number of carbonyl (C=O) groups is 2. The molecule has 4 rings (SSSR count). The summed E-state index contributed by atoms with van der Waals surface area (Å²) in [6, 6.07) is 6.15. The first-order valence-corrected chi connectivity index (χ1v) is 9.96. The molecule has 0 spiro atoms. The summed E-state index contributed by atoms with van der Waals surface area (Å²) in [5.41, 5.74) is 0.538. The van der Waals surface area contributed by atoms with Crippen LogP contribution in [0, 0.1) is 17.7 Å². The van der Waals surface area contributed by atoms with Crippen LogP contribution in [0.3, 0.4) is 0 Å². The lowest BCUT2D eigenvalue weighted by Crippen LogP contribution is -2.50. The van der Waals surface area contributed by atoms with Crippen molar-refractivity contribution in [1.82, 2.24) is 10.2 Å². The van der Waals surface area contributed by atoms with E-state index in [2.05, 4.69) is 5.32 Å². The average Bonchev–Trinajstić information content (AvgIpc) is 3.12. The highest BCUT2D eigenvalue weighted by Crippen LogP contribution is 2.34. The molecule has 0 aromatic heterocycles. The lowest BCUT2D eigenvalue weighted by molar-refractivity contribution is -0.134. The molecule has 2 heterocycles. The van der Waals surface area contributed by atoms with Gasteiger partial charge in [-0.15, -0.1) is 0 Å². The molecule has 4 atom stereocenters. The number of nitrogens with one attached hydrogen (secondary N) is 1. The zero-order valence-electron chi connectivity index (χ0n) is 15.1. The first-order valence-electron chi connectivity index (χ1n) is 9.96. The van der Waals surface area contributed by atoms with E-state index < -0.39 is 0 Å². The Morgan fingerprint density at radius 3 is 2.58 bits per heavy atom. The first kappa shape index (κ1) is 17.7. The maximum absolute atomic E-state index is 13.1. The van der Waals surface area contributed by atoms with Crippen molar-refractivity contribution in [3.8, 4) is 0 Å². The minimum Gasteiger partial charge on any atom is -0.341 e. The summed E-state index contributed by atoms with van der Waals surface area (Å²) in [4.78, 5) is 27.6. The Balaban J connectivity index is 1.39. The summed E-state index contributed by atoms with van der Waals surface area (Å²) in [6.07, 6.45) is 7.53. The fourth-order valence-corrected chi connectivity index (χ4v) is 4.97. The van der Waals surface area contributed by atoms with Crippen LogP contribution in [0.15, 0.2) is 24.3 Å². The number of rotatable bonds is 3. The third-order valence-corrected chi connectivity index (χ3v) is 6.39. The second-order valence-electron chi connectivity index (χ2n) is 8.10. The number of likely N-dealkylation sites (tertiary alicyclic amines) is 1. The Morgan fingerprint density at radius 2 is 1.81 bits per heavy atom. The van der Waals surface area contributed by atoms with Crippen LogP contribution in [0.2, 0.25) is 0 Å². The van der Waals surface area contributed by atoms with Gasteiger partial charge in [0.25, 0.3) is 0 Å². The van der Waals surface area contributed by atoms with E-state index in [4.69, 9.17) is 0 Å². The van der Waals surface area contributed by atoms with Crippen LogP contribution >= 0.6 is 0 Å². The van der Waals surface area contributed by atoms with Gasteiger partial charge in [-0.1, -0.05) is 12.8 Å². The van der Waals surface area contributed by atoms with Gasteiger partial charge in [-0.25, -0.2) is 4.39 Å². The van der Waals surface area contributed by atoms with Crippen molar-refractivity contribution in [3.63, 3.8) is 0 Å². The van der Waals surface area contributed by atoms with Gasteiger partial charge in [0.2, 0.25) is 5.91 Å². The maximum Gasteiger partial charge on any atom is 0.239 e. The topological polar surface area (TPSA) is 49.4 Å². The number of amides is 1. The Morgan fingerprint density at radius 1 is 1.04 bits per heavy atom. The third-order valence-electron chi connectivity index (χ3n) is 6.39. The smallest absolute Gasteiger partial charge is 0.239 e. The van der Waals surface area contributed by atoms with Gasteiger partial charge in [0, 0.05) is 30.6 Å². The van der Waals surface area contributed by atoms with Gasteiger partial charge in [0.15, 0.2) is 5.78 Å². The van der Waals surface area contributed by atoms with Gasteiger partial charge in [0.05, 0.1) is 6.04 Å². The number of ketones is 1. The standard InChI is InChI=1S/C21H27FN2O2/c22-17-9-7-14(8-10-17)20(25)16-5-3-11-24(13-16)21(26)19-12-15-4-1-2-6-18(15)23-19/h7-10,15-16,18-19,23H,1-6,11-13H2. The molecule has 2 saturated heterocycles. The van der Waals surface area contributed by atoms with Crippen LogP contribution < -0.4 is 5.32 Å². The van der Waals surface area contributed by atoms with Crippen LogP contribution in [0.5, 0.6) is 0 Å². The Kier molecular flexibility index (Phi) is 5.07. The van der Waals surface area contributed by atoms with E-state index in [-0.39, 0.29) is 29.5 Å². The number of fused-ring (bicyclic) bond motifs is 1. The molecule has 1 N–H and O–H groups in total. The highest BCUT2D eigenvalue weighted by molar-refractivity contribution is 5.98. The molecule has 140 valence electrons. The van der Waals surface area contributed by atoms with E-state index in [0.29, 0.717) is 24.1 Å². The van der Waals surface area contributed by atoms with Gasteiger partial charge in [0.1, 0.15) is 5.82 Å². The lowest BCUT2D eigenvalue weighted by atomic mass is 9.85. The van der Waals surface area contributed by atoms with Gasteiger partial charge in [-0.3, -0.25) is 9.59 Å². The molecule has 0 radical (unpaired) electrons. The van der Waals surface area contributed by atoms with Crippen molar-refractivity contribution in [2.24, 2.45) is 11.8 Å². The number of nitrogens with zero attached hydrogens (tertiary/aromatic N) is 1. The predicted octanol–water partition coefficient (Wildman–Crippen LogP) is 3.17. The summed E-state index contributed by atoms with van der Waals surface area (Å²) in [7, 11) is 0. The zero-order valence-corrected chi connectivity index (χ0v) is 15.1. The summed E-state index contributed by atoms with van der Waals surface area (Å²) in [5, 5.41) is 3.55. The normalized spacial score (nSPS) is 31.5. The zero-order chi connectivity index (χ0) is 18.1. The molecule has 0 bridgehead atoms. The molecule has 3 fully saturated rings. The van der Waals surface area contributed by atoms with Gasteiger partial charge >= 0.3 is 0 Å². The molecule has 3 aliphatic rings. The van der Waals surface area contributed by atoms with Gasteiger partial charge in [-0.05, 0) is 62.3 Å². The number of halogens is 1. The van der Waals surface area contributed by atoms with Gasteiger partial charge < -0.3 is 10.2 Å². The minimum atomic E-state index is -0.337. The van der Waals surface area contributed by atoms with Crippen molar-refractivity contribution in [3.05, 3.63) is 35.6 Å². The Hall–Kier alpha value is -1.75. The van der Waals surface area contributed by atoms with Crippen molar-refractivity contribution in [2.45, 2.75) is 57.0 Å². The van der Waals surface area contributed by atoms with Gasteiger partial charge in [-0.2, -0.15) is 0 Å². The van der Waals surface area contributed by atoms with Crippen LogP contribution in [-0.4, -0.2) is 41.8 Å². The number of benzene rings is 1. The van der Waals surface area contributed by atoms with E-state index in [9.17, 15) is 14.0 Å². The molecule has 1 saturated carbocycles. The summed E-state index contributed by atoms with van der Waals surface area (Å²) in [6.45, 7) is 1.22. The quantitative estimate of drug-likeness (QED) is 0.845. The first-order chi connectivity index (χ1) is 12.6. The molecule has 1 aliphatic carbocycles. The second-order valence-corrected chi connectivity index (χ2v) is 8.10. The fourth-order valence-electron chi connectivity index (χ4n) is 4.97. The molecule has 26 heavy (non-hydrogen) atoms. The molecular formula is C21H27FN2O2. The fraction of sp³-hybridized carbons (Fsp3) is 0.619. The van der Waals surface area contributed by atoms with Crippen molar-refractivity contribution in [2.75, 3.05) is 13.1 Å². The minimum absolute atomic E-state index is 0.0237. The molecule has 5 heteroatoms. The van der Waals surface area contributed by atoms with E-state index in [1.54, 1.807) is 12.1 Å². The number of hydrogen-bond acceptors (Lipinski definition) is 3. The average molecular weight is 358 g/mol. The molecular weight excluding hydrogens is 331 g/mol. The largest absolute Gasteiger partial charge is 0.341 e. The molecule has 1 aromatic carbocycles. The van der Waals surface area contributed by atoms with Crippen molar-refractivity contribution < 1.29 is 14.0 Å². The predicted molar refractivity (Wildman–Crippen MR) is 97.3 cm³/mol. The molecule has 4 nitrogen and oxygen atoms in total. The molecule has 2 aliphatic heterocycles. The summed E-state index contributed by atoms with van der Waals surface area (Å²) >= 11 is 0. The lowest BCUT2D eigenvalue weighted by Gasteiger charge is -2.34. The summed E-state index contributed by atoms with van der Waals surface area (Å²) in [5.74, 6) is 0.309. The third kappa shape index (κ3) is 3.54. The van der Waals surface area contributed by atoms with E-state index >= 15 is 0 Å². The van der Waals surface area contributed by atoms with Crippen LogP contribution in [-0.2, 0) is 4.79 Å². The van der Waals surface area contributed by atoms with Crippen LogP contribution in [0.4, 0.5) is 4.39 Å².